The van der Waals surface area contributed by atoms with Crippen molar-refractivity contribution < 1.29 is 67.0 Å². The molecule has 3 rings (SSSR count). The summed E-state index contributed by atoms with van der Waals surface area (Å²) in [4.78, 5) is 56.6. The van der Waals surface area contributed by atoms with Gasteiger partial charge in [0.05, 0.1) is 12.7 Å². The Morgan fingerprint density at radius 3 is 2.41 bits per heavy atom. The zero-order valence-electron chi connectivity index (χ0n) is 20.4. The Labute approximate surface area is 219 Å². The van der Waals surface area contributed by atoms with Crippen molar-refractivity contribution in [2.24, 2.45) is 0 Å². The van der Waals surface area contributed by atoms with E-state index in [4.69, 9.17) is 9.47 Å². The number of nitrogens with zero attached hydrogens (tertiary/aromatic N) is 1. The molecule has 2 fully saturated rings. The van der Waals surface area contributed by atoms with Gasteiger partial charge in [-0.15, -0.1) is 0 Å². The molecule has 0 bridgehead atoms. The Morgan fingerprint density at radius 2 is 1.77 bits per heavy atom. The third-order valence-corrected chi connectivity index (χ3v) is 8.33. The van der Waals surface area contributed by atoms with Crippen molar-refractivity contribution in [3.05, 3.63) is 32.6 Å². The van der Waals surface area contributed by atoms with E-state index in [2.05, 4.69) is 23.7 Å². The second-order valence-electron chi connectivity index (χ2n) is 8.78. The Balaban J connectivity index is 1.59. The minimum absolute atomic E-state index is 0.176. The summed E-state index contributed by atoms with van der Waals surface area (Å²) in [5, 5.41) is 42.4. The molecule has 0 radical (unpaired) electrons. The van der Waals surface area contributed by atoms with E-state index in [1.54, 1.807) is 0 Å². The van der Waals surface area contributed by atoms with Gasteiger partial charge in [0.15, 0.2) is 6.29 Å². The lowest BCUT2D eigenvalue weighted by molar-refractivity contribution is -0.273. The zero-order chi connectivity index (χ0) is 29.3. The number of amides is 1. The van der Waals surface area contributed by atoms with Crippen LogP contribution in [-0.4, -0.2) is 102 Å². The summed E-state index contributed by atoms with van der Waals surface area (Å²) in [6.07, 6.45) is -12.1. The van der Waals surface area contributed by atoms with Crippen LogP contribution in [0.2, 0.25) is 0 Å². The Morgan fingerprint density at radius 1 is 1.10 bits per heavy atom. The molecule has 2 unspecified atom stereocenters. The van der Waals surface area contributed by atoms with E-state index >= 15 is 0 Å². The summed E-state index contributed by atoms with van der Waals surface area (Å²) >= 11 is 0. The van der Waals surface area contributed by atoms with E-state index in [0.717, 1.165) is 11.5 Å². The van der Waals surface area contributed by atoms with Gasteiger partial charge in [0.1, 0.15) is 36.7 Å². The molecule has 39 heavy (non-hydrogen) atoms. The van der Waals surface area contributed by atoms with Crippen LogP contribution in [-0.2, 0) is 36.8 Å². The van der Waals surface area contributed by atoms with Gasteiger partial charge < -0.3 is 45.0 Å². The van der Waals surface area contributed by atoms with E-state index in [0.29, 0.717) is 0 Å². The summed E-state index contributed by atoms with van der Waals surface area (Å²) in [5.41, 5.74) is -1.28. The van der Waals surface area contributed by atoms with Crippen LogP contribution >= 0.6 is 15.6 Å². The van der Waals surface area contributed by atoms with Gasteiger partial charge >= 0.3 is 21.3 Å². The first kappa shape index (κ1) is 31.7. The average Bonchev–Trinajstić information content (AvgIpc) is 3.19. The molecule has 222 valence electrons. The van der Waals surface area contributed by atoms with Crippen LogP contribution in [0.3, 0.4) is 0 Å². The smallest absolute Gasteiger partial charge is 0.390 e. The molecule has 2 saturated heterocycles. The van der Waals surface area contributed by atoms with Crippen molar-refractivity contribution in [3.63, 3.8) is 0 Å². The van der Waals surface area contributed by atoms with Crippen molar-refractivity contribution in [1.82, 2.24) is 14.9 Å². The number of hydrogen-bond acceptors (Lipinski definition) is 14. The molecule has 19 nitrogen and oxygen atoms in total. The molecule has 0 aromatic carbocycles. The molecule has 1 amide bonds. The quantitative estimate of drug-likeness (QED) is 0.121. The third-order valence-electron chi connectivity index (χ3n) is 5.73. The fourth-order valence-electron chi connectivity index (χ4n) is 3.72. The van der Waals surface area contributed by atoms with Crippen LogP contribution in [0.1, 0.15) is 25.1 Å². The van der Waals surface area contributed by atoms with E-state index in [9.17, 15) is 53.7 Å². The van der Waals surface area contributed by atoms with Crippen LogP contribution in [0.25, 0.3) is 0 Å². The highest BCUT2D eigenvalue weighted by atomic mass is 31.3. The standard InChI is InChI=1S/C18H29N3O16P2/c1-7-5-21(18(28)20-16(7)27)12-3-9(23)11(34-12)6-33-38(29,30)37-39(31,32)36-17-15(26)14(25)13(24)10(35-17)4-19-8(2)22/h5,9-15,17,23-26H,3-4,6H2,1-2H3,(H,19,22)(H,29,30)(H,31,32)(H,20,27,28)/t9-,10+,11+,12+,13+,14-,15+,17+/m0/s1. The third kappa shape index (κ3) is 8.11. The number of nitrogens with one attached hydrogen (secondary N) is 2. The summed E-state index contributed by atoms with van der Waals surface area (Å²) in [6, 6.07) is 0. The fraction of sp³-hybridized carbons (Fsp3) is 0.722. The number of rotatable bonds is 10. The number of aromatic nitrogens is 2. The highest BCUT2D eigenvalue weighted by molar-refractivity contribution is 7.61. The van der Waals surface area contributed by atoms with E-state index in [-0.39, 0.29) is 12.0 Å². The predicted octanol–water partition coefficient (Wildman–Crippen LogP) is -3.31. The first-order chi connectivity index (χ1) is 18.0. The number of phosphoric ester groups is 2. The number of aliphatic hydroxyl groups is 4. The second kappa shape index (κ2) is 12.4. The number of hydrogen-bond donors (Lipinski definition) is 8. The van der Waals surface area contributed by atoms with Gasteiger partial charge in [-0.1, -0.05) is 0 Å². The van der Waals surface area contributed by atoms with Gasteiger partial charge in [-0.25, -0.2) is 13.9 Å². The van der Waals surface area contributed by atoms with Crippen LogP contribution in [0, 0.1) is 6.92 Å². The maximum Gasteiger partial charge on any atom is 0.483 e. The minimum atomic E-state index is -5.57. The van der Waals surface area contributed by atoms with Gasteiger partial charge in [0, 0.05) is 31.6 Å². The number of aliphatic hydroxyl groups excluding tert-OH is 4. The van der Waals surface area contributed by atoms with Crippen molar-refractivity contribution in [2.75, 3.05) is 13.2 Å². The summed E-state index contributed by atoms with van der Waals surface area (Å²) in [7, 11) is -11.0. The summed E-state index contributed by atoms with van der Waals surface area (Å²) in [5.74, 6) is -0.540. The van der Waals surface area contributed by atoms with Gasteiger partial charge in [-0.3, -0.25) is 28.2 Å². The average molecular weight is 605 g/mol. The topological polar surface area (TPSA) is 286 Å². The molecule has 0 aliphatic carbocycles. The SMILES string of the molecule is CC(=O)NC[C@H]1O[C@H](OP(=O)(O)OP(=O)(O)OC[C@H]2O[C@@H](n3cc(C)c(=O)[nH]c3=O)C[C@@H]2O)[C@H](O)[C@@H](O)[C@@H]1O. The molecule has 1 aromatic rings. The maximum atomic E-state index is 12.3. The molecular weight excluding hydrogens is 576 g/mol. The Bertz CT molecular complexity index is 1250. The monoisotopic (exact) mass is 605 g/mol. The van der Waals surface area contributed by atoms with E-state index in [1.807, 2.05) is 0 Å². The number of H-pyrrole nitrogens is 1. The van der Waals surface area contributed by atoms with Gasteiger partial charge in [0.2, 0.25) is 5.91 Å². The minimum Gasteiger partial charge on any atom is -0.390 e. The first-order valence-electron chi connectivity index (χ1n) is 11.3. The second-order valence-corrected chi connectivity index (χ2v) is 11.8. The number of aryl methyl sites for hydroxylation is 1. The van der Waals surface area contributed by atoms with Crippen LogP contribution in [0.15, 0.2) is 15.8 Å². The highest BCUT2D eigenvalue weighted by Crippen LogP contribution is 2.61. The predicted molar refractivity (Wildman–Crippen MR) is 124 cm³/mol. The number of phosphoric acid groups is 2. The van der Waals surface area contributed by atoms with E-state index in [1.165, 1.54) is 13.1 Å². The van der Waals surface area contributed by atoms with Crippen LogP contribution < -0.4 is 16.6 Å². The van der Waals surface area contributed by atoms with Crippen LogP contribution in [0.4, 0.5) is 0 Å². The highest BCUT2D eigenvalue weighted by Gasteiger charge is 2.49. The number of aromatic amines is 1. The largest absolute Gasteiger partial charge is 0.483 e. The van der Waals surface area contributed by atoms with E-state index < -0.39 is 95.1 Å². The van der Waals surface area contributed by atoms with Crippen molar-refractivity contribution in [2.45, 2.75) is 69.4 Å². The molecule has 2 aliphatic rings. The number of carbonyl (C=O) groups is 1. The lowest BCUT2D eigenvalue weighted by Gasteiger charge is -2.40. The molecule has 10 atom stereocenters. The molecule has 2 aliphatic heterocycles. The normalized spacial score (nSPS) is 34.3. The number of ether oxygens (including phenoxy) is 2. The lowest BCUT2D eigenvalue weighted by Crippen LogP contribution is -2.60. The zero-order valence-corrected chi connectivity index (χ0v) is 22.2. The van der Waals surface area contributed by atoms with Crippen molar-refractivity contribution in [3.8, 4) is 0 Å². The van der Waals surface area contributed by atoms with Crippen molar-refractivity contribution in [1.29, 1.82) is 0 Å². The molecule has 3 heterocycles. The lowest BCUT2D eigenvalue weighted by atomic mass is 9.99. The molecule has 21 heteroatoms. The van der Waals surface area contributed by atoms with Gasteiger partial charge in [-0.05, 0) is 6.92 Å². The Hall–Kier alpha value is -1.83. The summed E-state index contributed by atoms with van der Waals surface area (Å²) in [6.45, 7) is 1.31. The summed E-state index contributed by atoms with van der Waals surface area (Å²) < 4.78 is 49.5. The molecule has 0 saturated carbocycles. The number of carbonyl (C=O) groups excluding carboxylic acids is 1. The fourth-order valence-corrected chi connectivity index (χ4v) is 5.88. The molecule has 8 N–H and O–H groups in total. The molecule has 1 aromatic heterocycles. The maximum absolute atomic E-state index is 12.3. The van der Waals surface area contributed by atoms with Gasteiger partial charge in [0.25, 0.3) is 5.56 Å². The first-order valence-corrected chi connectivity index (χ1v) is 14.3. The molecular formula is C18H29N3O16P2. The molecule has 0 spiro atoms. The Kier molecular flexibility index (Phi) is 10.0. The van der Waals surface area contributed by atoms with Gasteiger partial charge in [-0.2, -0.15) is 4.31 Å². The van der Waals surface area contributed by atoms with Crippen LogP contribution in [0.5, 0.6) is 0 Å². The van der Waals surface area contributed by atoms with Crippen molar-refractivity contribution >= 4 is 21.6 Å².